The third-order valence-electron chi connectivity index (χ3n) is 4.87. The van der Waals surface area contributed by atoms with Gasteiger partial charge in [-0.3, -0.25) is 4.90 Å². The Morgan fingerprint density at radius 2 is 2.11 bits per heavy atom. The molecule has 0 radical (unpaired) electrons. The Kier molecular flexibility index (Phi) is 4.19. The lowest BCUT2D eigenvalue weighted by atomic mass is 9.90. The van der Waals surface area contributed by atoms with Crippen LogP contribution in [0.5, 0.6) is 0 Å². The average molecular weight is 258 g/mol. The van der Waals surface area contributed by atoms with Gasteiger partial charge in [0.1, 0.15) is 0 Å². The van der Waals surface area contributed by atoms with E-state index in [1.807, 2.05) is 0 Å². The van der Waals surface area contributed by atoms with E-state index in [0.29, 0.717) is 6.04 Å². The molecule has 2 aliphatic rings. The average Bonchev–Trinajstić information content (AvgIpc) is 2.47. The fourth-order valence-electron chi connectivity index (χ4n) is 3.63. The zero-order chi connectivity index (χ0) is 13.1. The van der Waals surface area contributed by atoms with Crippen LogP contribution in [-0.2, 0) is 13.0 Å². The zero-order valence-electron chi connectivity index (χ0n) is 12.1. The number of rotatable bonds is 3. The summed E-state index contributed by atoms with van der Waals surface area (Å²) in [6.45, 7) is 7.15. The van der Waals surface area contributed by atoms with Crippen LogP contribution in [0.1, 0.15) is 37.3 Å². The van der Waals surface area contributed by atoms with E-state index in [4.69, 9.17) is 0 Å². The lowest BCUT2D eigenvalue weighted by Crippen LogP contribution is -2.47. The molecule has 1 fully saturated rings. The van der Waals surface area contributed by atoms with E-state index < -0.39 is 0 Å². The van der Waals surface area contributed by atoms with Gasteiger partial charge in [-0.1, -0.05) is 37.6 Å². The molecule has 2 atom stereocenters. The molecule has 0 aromatic heterocycles. The second-order valence-corrected chi connectivity index (χ2v) is 6.20. The molecule has 2 aliphatic heterocycles. The van der Waals surface area contributed by atoms with Gasteiger partial charge in [-0.25, -0.2) is 0 Å². The van der Waals surface area contributed by atoms with Crippen molar-refractivity contribution in [1.82, 2.24) is 10.2 Å². The number of fused-ring (bicyclic) bond motifs is 1. The molecule has 1 saturated heterocycles. The Labute approximate surface area is 117 Å². The SMILES string of the molecule is CCC1CCNC(CN2CCc3ccccc3C2)C1. The lowest BCUT2D eigenvalue weighted by molar-refractivity contribution is 0.187. The second-order valence-electron chi connectivity index (χ2n) is 6.20. The highest BCUT2D eigenvalue weighted by molar-refractivity contribution is 5.29. The van der Waals surface area contributed by atoms with Gasteiger partial charge in [-0.05, 0) is 42.9 Å². The van der Waals surface area contributed by atoms with Crippen molar-refractivity contribution in [1.29, 1.82) is 0 Å². The van der Waals surface area contributed by atoms with E-state index in [1.165, 1.54) is 50.9 Å². The van der Waals surface area contributed by atoms with E-state index >= 15 is 0 Å². The highest BCUT2D eigenvalue weighted by Crippen LogP contribution is 2.22. The molecule has 3 rings (SSSR count). The number of hydrogen-bond acceptors (Lipinski definition) is 2. The van der Waals surface area contributed by atoms with Crippen molar-refractivity contribution in [2.45, 2.75) is 45.2 Å². The Morgan fingerprint density at radius 3 is 2.95 bits per heavy atom. The van der Waals surface area contributed by atoms with Crippen LogP contribution in [0.4, 0.5) is 0 Å². The van der Waals surface area contributed by atoms with Crippen molar-refractivity contribution < 1.29 is 0 Å². The molecule has 0 saturated carbocycles. The van der Waals surface area contributed by atoms with Crippen molar-refractivity contribution in [3.63, 3.8) is 0 Å². The van der Waals surface area contributed by atoms with Gasteiger partial charge in [0, 0.05) is 25.7 Å². The first-order valence-corrected chi connectivity index (χ1v) is 7.87. The van der Waals surface area contributed by atoms with Crippen molar-refractivity contribution in [2.24, 2.45) is 5.92 Å². The number of nitrogens with one attached hydrogen (secondary N) is 1. The van der Waals surface area contributed by atoms with Crippen molar-refractivity contribution in [3.8, 4) is 0 Å². The van der Waals surface area contributed by atoms with Gasteiger partial charge in [0.2, 0.25) is 0 Å². The van der Waals surface area contributed by atoms with Crippen molar-refractivity contribution in [3.05, 3.63) is 35.4 Å². The molecule has 2 heterocycles. The minimum atomic E-state index is 0.712. The quantitative estimate of drug-likeness (QED) is 0.897. The molecular weight excluding hydrogens is 232 g/mol. The maximum Gasteiger partial charge on any atom is 0.0237 e. The number of hydrogen-bond donors (Lipinski definition) is 1. The summed E-state index contributed by atoms with van der Waals surface area (Å²) in [5, 5.41) is 3.71. The number of nitrogens with zero attached hydrogens (tertiary/aromatic N) is 1. The van der Waals surface area contributed by atoms with Gasteiger partial charge >= 0.3 is 0 Å². The molecule has 19 heavy (non-hydrogen) atoms. The maximum atomic E-state index is 3.71. The molecule has 0 spiro atoms. The van der Waals surface area contributed by atoms with Gasteiger partial charge < -0.3 is 5.32 Å². The van der Waals surface area contributed by atoms with Gasteiger partial charge in [0.15, 0.2) is 0 Å². The minimum Gasteiger partial charge on any atom is -0.313 e. The summed E-state index contributed by atoms with van der Waals surface area (Å²) in [5.41, 5.74) is 3.10. The largest absolute Gasteiger partial charge is 0.313 e. The van der Waals surface area contributed by atoms with Crippen LogP contribution in [0.2, 0.25) is 0 Å². The normalized spacial score (nSPS) is 28.1. The summed E-state index contributed by atoms with van der Waals surface area (Å²) in [5.74, 6) is 0.948. The van der Waals surface area contributed by atoms with Crippen LogP contribution >= 0.6 is 0 Å². The molecule has 0 aliphatic carbocycles. The zero-order valence-corrected chi connectivity index (χ0v) is 12.1. The summed E-state index contributed by atoms with van der Waals surface area (Å²) < 4.78 is 0. The summed E-state index contributed by atoms with van der Waals surface area (Å²) >= 11 is 0. The van der Waals surface area contributed by atoms with E-state index in [1.54, 1.807) is 5.56 Å². The van der Waals surface area contributed by atoms with Crippen LogP contribution in [0.15, 0.2) is 24.3 Å². The van der Waals surface area contributed by atoms with E-state index in [2.05, 4.69) is 41.4 Å². The van der Waals surface area contributed by atoms with Gasteiger partial charge in [-0.2, -0.15) is 0 Å². The molecule has 0 bridgehead atoms. The first-order chi connectivity index (χ1) is 9.35. The van der Waals surface area contributed by atoms with Gasteiger partial charge in [0.25, 0.3) is 0 Å². The predicted molar refractivity (Wildman–Crippen MR) is 80.2 cm³/mol. The lowest BCUT2D eigenvalue weighted by Gasteiger charge is -2.36. The molecule has 0 amide bonds. The van der Waals surface area contributed by atoms with E-state index in [0.717, 1.165) is 12.5 Å². The second kappa shape index (κ2) is 6.06. The highest BCUT2D eigenvalue weighted by atomic mass is 15.2. The predicted octanol–water partition coefficient (Wildman–Crippen LogP) is 2.82. The third-order valence-corrected chi connectivity index (χ3v) is 4.87. The van der Waals surface area contributed by atoms with Crippen LogP contribution in [0.3, 0.4) is 0 Å². The van der Waals surface area contributed by atoms with Crippen LogP contribution < -0.4 is 5.32 Å². The Hall–Kier alpha value is -0.860. The number of benzene rings is 1. The van der Waals surface area contributed by atoms with Gasteiger partial charge in [0.05, 0.1) is 0 Å². The summed E-state index contributed by atoms with van der Waals surface area (Å²) in [7, 11) is 0. The first-order valence-electron chi connectivity index (χ1n) is 7.87. The molecule has 1 N–H and O–H groups in total. The molecule has 2 nitrogen and oxygen atoms in total. The molecule has 104 valence electrons. The van der Waals surface area contributed by atoms with Crippen molar-refractivity contribution >= 4 is 0 Å². The standard InChI is InChI=1S/C17H26N2/c1-2-14-7-9-18-17(11-14)13-19-10-8-15-5-3-4-6-16(15)12-19/h3-6,14,17-18H,2,7-13H2,1H3. The summed E-state index contributed by atoms with van der Waals surface area (Å²) in [6.07, 6.45) is 5.31. The molecule has 1 aromatic carbocycles. The highest BCUT2D eigenvalue weighted by Gasteiger charge is 2.24. The fourth-order valence-corrected chi connectivity index (χ4v) is 3.63. The van der Waals surface area contributed by atoms with Crippen LogP contribution in [0, 0.1) is 5.92 Å². The Balaban J connectivity index is 1.57. The minimum absolute atomic E-state index is 0.712. The van der Waals surface area contributed by atoms with Gasteiger partial charge in [-0.15, -0.1) is 0 Å². The smallest absolute Gasteiger partial charge is 0.0237 e. The summed E-state index contributed by atoms with van der Waals surface area (Å²) in [4.78, 5) is 2.64. The Bertz CT molecular complexity index is 415. The summed E-state index contributed by atoms with van der Waals surface area (Å²) in [6, 6.07) is 9.64. The molecule has 2 heteroatoms. The Morgan fingerprint density at radius 1 is 1.26 bits per heavy atom. The molecular formula is C17H26N2. The maximum absolute atomic E-state index is 3.71. The van der Waals surface area contributed by atoms with Crippen LogP contribution in [-0.4, -0.2) is 30.6 Å². The molecule has 1 aromatic rings. The molecule has 2 unspecified atom stereocenters. The third kappa shape index (κ3) is 3.18. The van der Waals surface area contributed by atoms with E-state index in [-0.39, 0.29) is 0 Å². The first kappa shape index (κ1) is 13.1. The monoisotopic (exact) mass is 258 g/mol. The van der Waals surface area contributed by atoms with E-state index in [9.17, 15) is 0 Å². The van der Waals surface area contributed by atoms with Crippen molar-refractivity contribution in [2.75, 3.05) is 19.6 Å². The van der Waals surface area contributed by atoms with Crippen LogP contribution in [0.25, 0.3) is 0 Å². The number of piperidine rings is 1. The topological polar surface area (TPSA) is 15.3 Å². The fraction of sp³-hybridized carbons (Fsp3) is 0.647.